The minimum atomic E-state index is -4.42. The summed E-state index contributed by atoms with van der Waals surface area (Å²) in [5, 5.41) is 5.12. The van der Waals surface area contributed by atoms with Crippen molar-refractivity contribution in [1.29, 1.82) is 0 Å². The fraction of sp³-hybridized carbons (Fsp3) is 0.118. The van der Waals surface area contributed by atoms with Gasteiger partial charge in [0.25, 0.3) is 5.56 Å². The number of hydrogen-bond donors (Lipinski definition) is 2. The first-order valence-electron chi connectivity index (χ1n) is 7.06. The van der Waals surface area contributed by atoms with Crippen LogP contribution in [0, 0.1) is 5.82 Å². The van der Waals surface area contributed by atoms with E-state index in [0.717, 1.165) is 17.7 Å². The molecule has 0 saturated carbocycles. The molecular weight excluding hydrogens is 324 g/mol. The average Bonchev–Trinajstić information content (AvgIpc) is 2.90. The lowest BCUT2D eigenvalue weighted by atomic mass is 10.0. The molecule has 24 heavy (non-hydrogen) atoms. The molecule has 1 heterocycles. The molecule has 3 rings (SSSR count). The van der Waals surface area contributed by atoms with E-state index in [4.69, 9.17) is 0 Å². The molecule has 0 fully saturated rings. The first kappa shape index (κ1) is 16.0. The van der Waals surface area contributed by atoms with Crippen LogP contribution in [-0.4, -0.2) is 10.2 Å². The first-order valence-corrected chi connectivity index (χ1v) is 7.06. The van der Waals surface area contributed by atoms with Gasteiger partial charge in [-0.15, -0.1) is 0 Å². The number of rotatable bonds is 3. The van der Waals surface area contributed by atoms with Crippen molar-refractivity contribution in [1.82, 2.24) is 10.2 Å². The zero-order valence-electron chi connectivity index (χ0n) is 12.2. The van der Waals surface area contributed by atoms with Crippen molar-refractivity contribution in [2.24, 2.45) is 0 Å². The van der Waals surface area contributed by atoms with Crippen LogP contribution in [0.4, 0.5) is 17.6 Å². The van der Waals surface area contributed by atoms with E-state index >= 15 is 0 Å². The second kappa shape index (κ2) is 5.99. The molecule has 124 valence electrons. The molecule has 0 unspecified atom stereocenters. The Morgan fingerprint density at radius 3 is 2.08 bits per heavy atom. The van der Waals surface area contributed by atoms with Gasteiger partial charge in [-0.3, -0.25) is 15.0 Å². The lowest BCUT2D eigenvalue weighted by Crippen LogP contribution is -2.07. The molecule has 0 amide bonds. The van der Waals surface area contributed by atoms with Crippen molar-refractivity contribution in [2.45, 2.75) is 12.6 Å². The van der Waals surface area contributed by atoms with Crippen LogP contribution in [0.25, 0.3) is 11.3 Å². The second-order valence-electron chi connectivity index (χ2n) is 5.31. The van der Waals surface area contributed by atoms with Gasteiger partial charge >= 0.3 is 6.18 Å². The van der Waals surface area contributed by atoms with E-state index in [1.165, 1.54) is 24.3 Å². The maximum Gasteiger partial charge on any atom is 0.416 e. The van der Waals surface area contributed by atoms with Gasteiger partial charge in [-0.25, -0.2) is 4.39 Å². The van der Waals surface area contributed by atoms with Crippen LogP contribution in [-0.2, 0) is 12.6 Å². The molecular formula is C17H12F4N2O. The minimum absolute atomic E-state index is 0.232. The molecule has 0 aliphatic carbocycles. The van der Waals surface area contributed by atoms with Crippen LogP contribution in [0.1, 0.15) is 16.7 Å². The van der Waals surface area contributed by atoms with Gasteiger partial charge in [0.15, 0.2) is 0 Å². The van der Waals surface area contributed by atoms with Gasteiger partial charge in [0.05, 0.1) is 11.3 Å². The van der Waals surface area contributed by atoms with Gasteiger partial charge in [0.2, 0.25) is 0 Å². The van der Waals surface area contributed by atoms with Gasteiger partial charge in [-0.2, -0.15) is 13.2 Å². The summed E-state index contributed by atoms with van der Waals surface area (Å²) in [5.41, 5.74) is 0.839. The Kier molecular flexibility index (Phi) is 4.01. The third kappa shape index (κ3) is 3.24. The third-order valence-corrected chi connectivity index (χ3v) is 3.67. The Morgan fingerprint density at radius 2 is 1.50 bits per heavy atom. The fourth-order valence-electron chi connectivity index (χ4n) is 2.43. The predicted octanol–water partition coefficient (Wildman–Crippen LogP) is 4.12. The second-order valence-corrected chi connectivity index (χ2v) is 5.31. The number of benzene rings is 2. The van der Waals surface area contributed by atoms with E-state index in [2.05, 4.69) is 10.2 Å². The number of nitrogens with one attached hydrogen (secondary N) is 2. The molecule has 0 spiro atoms. The Balaban J connectivity index is 1.95. The van der Waals surface area contributed by atoms with Crippen molar-refractivity contribution in [3.63, 3.8) is 0 Å². The maximum absolute atomic E-state index is 13.0. The maximum atomic E-state index is 13.0. The summed E-state index contributed by atoms with van der Waals surface area (Å²) in [7, 11) is 0. The highest BCUT2D eigenvalue weighted by molar-refractivity contribution is 5.63. The third-order valence-electron chi connectivity index (χ3n) is 3.67. The van der Waals surface area contributed by atoms with Gasteiger partial charge in [0.1, 0.15) is 5.82 Å². The highest BCUT2D eigenvalue weighted by Gasteiger charge is 2.30. The molecule has 7 heteroatoms. The number of H-pyrrole nitrogens is 2. The summed E-state index contributed by atoms with van der Waals surface area (Å²) in [5.74, 6) is -0.385. The van der Waals surface area contributed by atoms with Crippen LogP contribution in [0.2, 0.25) is 0 Å². The lowest BCUT2D eigenvalue weighted by molar-refractivity contribution is -0.137. The molecule has 0 atom stereocenters. The molecule has 0 saturated heterocycles. The van der Waals surface area contributed by atoms with E-state index in [0.29, 0.717) is 16.8 Å². The van der Waals surface area contributed by atoms with Crippen LogP contribution in [0.5, 0.6) is 0 Å². The number of aromatic amines is 2. The number of alkyl halides is 3. The van der Waals surface area contributed by atoms with Crippen LogP contribution in [0.15, 0.2) is 53.3 Å². The van der Waals surface area contributed by atoms with E-state index < -0.39 is 11.7 Å². The lowest BCUT2D eigenvalue weighted by Gasteiger charge is -2.08. The summed E-state index contributed by atoms with van der Waals surface area (Å²) in [6.45, 7) is 0. The minimum Gasteiger partial charge on any atom is -0.297 e. The molecule has 0 aliphatic rings. The van der Waals surface area contributed by atoms with E-state index in [1.807, 2.05) is 0 Å². The molecule has 0 bridgehead atoms. The Labute approximate surface area is 133 Å². The SMILES string of the molecule is O=c1[nH][nH]c(-c2ccc(C(F)(F)F)cc2)c1Cc1ccc(F)cc1. The average molecular weight is 336 g/mol. The Morgan fingerprint density at radius 1 is 0.875 bits per heavy atom. The van der Waals surface area contributed by atoms with E-state index in [9.17, 15) is 22.4 Å². The molecule has 2 N–H and O–H groups in total. The van der Waals surface area contributed by atoms with Crippen LogP contribution < -0.4 is 5.56 Å². The smallest absolute Gasteiger partial charge is 0.297 e. The molecule has 0 aliphatic heterocycles. The van der Waals surface area contributed by atoms with Gasteiger partial charge in [-0.05, 0) is 35.4 Å². The van der Waals surface area contributed by atoms with Crippen molar-refractivity contribution in [3.8, 4) is 11.3 Å². The zero-order valence-corrected chi connectivity index (χ0v) is 12.2. The van der Waals surface area contributed by atoms with Gasteiger partial charge < -0.3 is 0 Å². The Hall–Kier alpha value is -2.83. The van der Waals surface area contributed by atoms with Crippen molar-refractivity contribution >= 4 is 0 Å². The summed E-state index contributed by atoms with van der Waals surface area (Å²) in [4.78, 5) is 12.0. The van der Waals surface area contributed by atoms with E-state index in [-0.39, 0.29) is 17.8 Å². The normalized spacial score (nSPS) is 11.7. The first-order chi connectivity index (χ1) is 11.3. The molecule has 0 radical (unpaired) electrons. The van der Waals surface area contributed by atoms with Crippen molar-refractivity contribution in [2.75, 3.05) is 0 Å². The predicted molar refractivity (Wildman–Crippen MR) is 81.1 cm³/mol. The van der Waals surface area contributed by atoms with Crippen LogP contribution in [0.3, 0.4) is 0 Å². The molecule has 1 aromatic heterocycles. The largest absolute Gasteiger partial charge is 0.416 e. The van der Waals surface area contributed by atoms with Gasteiger partial charge in [0, 0.05) is 12.0 Å². The highest BCUT2D eigenvalue weighted by Crippen LogP contribution is 2.31. The summed E-state index contributed by atoms with van der Waals surface area (Å²) in [6, 6.07) is 10.2. The topological polar surface area (TPSA) is 48.6 Å². The monoisotopic (exact) mass is 336 g/mol. The standard InChI is InChI=1S/C17H12F4N2O/c18-13-7-1-10(2-8-13)9-14-15(22-23-16(14)24)11-3-5-12(6-4-11)17(19,20)21/h1-8H,9H2,(H2,22,23,24). The van der Waals surface area contributed by atoms with Crippen molar-refractivity contribution < 1.29 is 17.6 Å². The summed E-state index contributed by atoms with van der Waals surface area (Å²) < 4.78 is 50.8. The number of halogens is 4. The molecule has 2 aromatic carbocycles. The van der Waals surface area contributed by atoms with Crippen molar-refractivity contribution in [3.05, 3.63) is 81.4 Å². The van der Waals surface area contributed by atoms with Crippen LogP contribution >= 0.6 is 0 Å². The fourth-order valence-corrected chi connectivity index (χ4v) is 2.43. The summed E-state index contributed by atoms with van der Waals surface area (Å²) >= 11 is 0. The quantitative estimate of drug-likeness (QED) is 0.695. The zero-order chi connectivity index (χ0) is 17.3. The summed E-state index contributed by atoms with van der Waals surface area (Å²) in [6.07, 6.45) is -4.18. The number of aromatic nitrogens is 2. The van der Waals surface area contributed by atoms with E-state index in [1.54, 1.807) is 12.1 Å². The molecule has 3 nitrogen and oxygen atoms in total. The molecule has 3 aromatic rings. The van der Waals surface area contributed by atoms with Gasteiger partial charge in [-0.1, -0.05) is 24.3 Å². The Bertz CT molecular complexity index is 890. The highest BCUT2D eigenvalue weighted by atomic mass is 19.4. The number of hydrogen-bond acceptors (Lipinski definition) is 1.